The van der Waals surface area contributed by atoms with Crippen LogP contribution in [0.4, 0.5) is 0 Å². The molecule has 15 heavy (non-hydrogen) atoms. The average molecular weight is 216 g/mol. The van der Waals surface area contributed by atoms with Crippen molar-refractivity contribution in [1.29, 1.82) is 0 Å². The third kappa shape index (κ3) is 1.69. The first-order chi connectivity index (χ1) is 7.09. The number of benzene rings is 1. The fourth-order valence-corrected chi connectivity index (χ4v) is 7.32. The molecule has 0 aromatic heterocycles. The highest BCUT2D eigenvalue weighted by Crippen LogP contribution is 2.57. The van der Waals surface area contributed by atoms with Crippen molar-refractivity contribution in [3.05, 3.63) is 43.0 Å². The average Bonchev–Trinajstić information content (AvgIpc) is 2.91. The molecule has 1 aliphatic rings. The van der Waals surface area contributed by atoms with Crippen LogP contribution in [0.2, 0.25) is 18.6 Å². The molecular weight excluding hydrogens is 196 g/mol. The quantitative estimate of drug-likeness (QED) is 0.536. The molecule has 1 aliphatic carbocycles. The summed E-state index contributed by atoms with van der Waals surface area (Å²) in [5, 5.41) is 1.59. The summed E-state index contributed by atoms with van der Waals surface area (Å²) in [5.41, 5.74) is 0.900. The summed E-state index contributed by atoms with van der Waals surface area (Å²) < 4.78 is 0. The number of hydrogen-bond donors (Lipinski definition) is 0. The van der Waals surface area contributed by atoms with Crippen molar-refractivity contribution < 1.29 is 0 Å². The summed E-state index contributed by atoms with van der Waals surface area (Å²) in [6.07, 6.45) is 2.16. The summed E-state index contributed by atoms with van der Waals surface area (Å²) in [6, 6.07) is 11.0. The zero-order chi connectivity index (χ0) is 11.1. The maximum Gasteiger partial charge on any atom is 0.0845 e. The SMILES string of the molecule is C=C[C@@H]1[C@@H](C)[C@@H]1[Si](C)(C)c1ccccc1. The van der Waals surface area contributed by atoms with Gasteiger partial charge >= 0.3 is 0 Å². The van der Waals surface area contributed by atoms with Crippen molar-refractivity contribution in [3.63, 3.8) is 0 Å². The second kappa shape index (κ2) is 3.64. The molecule has 1 fully saturated rings. The van der Waals surface area contributed by atoms with Crippen molar-refractivity contribution in [2.75, 3.05) is 0 Å². The normalized spacial score (nSPS) is 29.9. The maximum atomic E-state index is 3.95. The summed E-state index contributed by atoms with van der Waals surface area (Å²) in [7, 11) is -1.26. The van der Waals surface area contributed by atoms with Gasteiger partial charge in [-0.2, -0.15) is 0 Å². The maximum absolute atomic E-state index is 3.95. The lowest BCUT2D eigenvalue weighted by molar-refractivity contribution is 0.899. The Kier molecular flexibility index (Phi) is 2.59. The Morgan fingerprint density at radius 3 is 2.27 bits per heavy atom. The van der Waals surface area contributed by atoms with E-state index in [1.807, 2.05) is 0 Å². The molecule has 0 aliphatic heterocycles. The van der Waals surface area contributed by atoms with Gasteiger partial charge in [0.1, 0.15) is 0 Å². The van der Waals surface area contributed by atoms with Crippen LogP contribution in [0.5, 0.6) is 0 Å². The van der Waals surface area contributed by atoms with Crippen LogP contribution in [-0.4, -0.2) is 8.07 Å². The topological polar surface area (TPSA) is 0 Å². The van der Waals surface area contributed by atoms with Crippen LogP contribution in [0.1, 0.15) is 6.92 Å². The molecule has 2 rings (SSSR count). The molecule has 1 saturated carbocycles. The molecular formula is C14H20Si. The zero-order valence-corrected chi connectivity index (χ0v) is 10.9. The molecule has 0 nitrogen and oxygen atoms in total. The van der Waals surface area contributed by atoms with E-state index in [9.17, 15) is 0 Å². The van der Waals surface area contributed by atoms with Gasteiger partial charge in [0.25, 0.3) is 0 Å². The van der Waals surface area contributed by atoms with E-state index in [0.717, 1.165) is 17.4 Å². The van der Waals surface area contributed by atoms with Crippen molar-refractivity contribution in [1.82, 2.24) is 0 Å². The molecule has 0 N–H and O–H groups in total. The first kappa shape index (κ1) is 10.7. The molecule has 1 aromatic carbocycles. The van der Waals surface area contributed by atoms with Crippen molar-refractivity contribution >= 4 is 13.3 Å². The molecule has 0 saturated heterocycles. The predicted octanol–water partition coefficient (Wildman–Crippen LogP) is 3.42. The highest BCUT2D eigenvalue weighted by molar-refractivity contribution is 6.91. The molecule has 1 aromatic rings. The van der Waals surface area contributed by atoms with Gasteiger partial charge in [-0.05, 0) is 17.4 Å². The second-order valence-corrected chi connectivity index (χ2v) is 9.97. The largest absolute Gasteiger partial charge is 0.103 e. The lowest BCUT2D eigenvalue weighted by atomic mass is 10.3. The molecule has 0 heterocycles. The van der Waals surface area contributed by atoms with E-state index < -0.39 is 8.07 Å². The van der Waals surface area contributed by atoms with E-state index >= 15 is 0 Å². The van der Waals surface area contributed by atoms with Crippen molar-refractivity contribution in [3.8, 4) is 0 Å². The molecule has 0 radical (unpaired) electrons. The van der Waals surface area contributed by atoms with Gasteiger partial charge in [0.05, 0.1) is 8.07 Å². The van der Waals surface area contributed by atoms with Crippen LogP contribution < -0.4 is 5.19 Å². The lowest BCUT2D eigenvalue weighted by Crippen LogP contribution is -2.42. The van der Waals surface area contributed by atoms with Crippen molar-refractivity contribution in [2.45, 2.75) is 25.6 Å². The van der Waals surface area contributed by atoms with Gasteiger partial charge in [0, 0.05) is 0 Å². The van der Waals surface area contributed by atoms with E-state index in [1.165, 1.54) is 0 Å². The minimum Gasteiger partial charge on any atom is -0.103 e. The Balaban J connectivity index is 2.25. The van der Waals surface area contributed by atoms with Crippen LogP contribution in [-0.2, 0) is 0 Å². The number of allylic oxidation sites excluding steroid dienone is 1. The Hall–Kier alpha value is -0.823. The lowest BCUT2D eigenvalue weighted by Gasteiger charge is -2.23. The second-order valence-electron chi connectivity index (χ2n) is 5.29. The molecule has 80 valence electrons. The molecule has 0 spiro atoms. The highest BCUT2D eigenvalue weighted by Gasteiger charge is 2.54. The monoisotopic (exact) mass is 216 g/mol. The van der Waals surface area contributed by atoms with Crippen LogP contribution in [0.25, 0.3) is 0 Å². The number of hydrogen-bond acceptors (Lipinski definition) is 0. The Morgan fingerprint density at radius 2 is 1.80 bits per heavy atom. The smallest absolute Gasteiger partial charge is 0.0845 e. The van der Waals surface area contributed by atoms with Crippen LogP contribution in [0.15, 0.2) is 43.0 Å². The Morgan fingerprint density at radius 1 is 1.20 bits per heavy atom. The van der Waals surface area contributed by atoms with Gasteiger partial charge in [-0.15, -0.1) is 6.58 Å². The molecule has 0 amide bonds. The zero-order valence-electron chi connectivity index (χ0n) is 9.90. The van der Waals surface area contributed by atoms with E-state index in [4.69, 9.17) is 0 Å². The summed E-state index contributed by atoms with van der Waals surface area (Å²) in [6.45, 7) is 11.3. The third-order valence-electron chi connectivity index (χ3n) is 4.07. The van der Waals surface area contributed by atoms with Gasteiger partial charge in [-0.3, -0.25) is 0 Å². The van der Waals surface area contributed by atoms with E-state index in [1.54, 1.807) is 5.19 Å². The van der Waals surface area contributed by atoms with E-state index in [0.29, 0.717) is 0 Å². The highest BCUT2D eigenvalue weighted by atomic mass is 28.3. The van der Waals surface area contributed by atoms with Gasteiger partial charge in [-0.25, -0.2) is 0 Å². The molecule has 0 unspecified atom stereocenters. The van der Waals surface area contributed by atoms with E-state index in [-0.39, 0.29) is 0 Å². The van der Waals surface area contributed by atoms with Gasteiger partial charge < -0.3 is 0 Å². The first-order valence-corrected chi connectivity index (χ1v) is 8.85. The standard InChI is InChI=1S/C14H20Si/c1-5-13-11(2)14(13)15(3,4)12-9-7-6-8-10-12/h5-11,13-14H,1H2,2-4H3/t11-,13-,14+/m1/s1. The molecule has 0 bridgehead atoms. The third-order valence-corrected chi connectivity index (χ3v) is 8.47. The van der Waals surface area contributed by atoms with Crippen LogP contribution in [0.3, 0.4) is 0 Å². The number of rotatable bonds is 3. The van der Waals surface area contributed by atoms with Gasteiger partial charge in [0.15, 0.2) is 0 Å². The fourth-order valence-electron chi connectivity index (χ4n) is 3.05. The van der Waals surface area contributed by atoms with E-state index in [2.05, 4.69) is 63.0 Å². The van der Waals surface area contributed by atoms with Crippen LogP contribution >= 0.6 is 0 Å². The van der Waals surface area contributed by atoms with Gasteiger partial charge in [-0.1, -0.05) is 61.6 Å². The summed E-state index contributed by atoms with van der Waals surface area (Å²) >= 11 is 0. The van der Waals surface area contributed by atoms with Crippen LogP contribution in [0, 0.1) is 11.8 Å². The predicted molar refractivity (Wildman–Crippen MR) is 70.2 cm³/mol. The molecule has 1 heteroatoms. The molecule has 3 atom stereocenters. The summed E-state index contributed by atoms with van der Waals surface area (Å²) in [4.78, 5) is 0. The Labute approximate surface area is 94.0 Å². The minimum atomic E-state index is -1.26. The van der Waals surface area contributed by atoms with Gasteiger partial charge in [0.2, 0.25) is 0 Å². The fraction of sp³-hybridized carbons (Fsp3) is 0.429. The first-order valence-electron chi connectivity index (χ1n) is 5.77. The van der Waals surface area contributed by atoms with Crippen molar-refractivity contribution in [2.24, 2.45) is 11.8 Å². The Bertz CT molecular complexity index is 353. The minimum absolute atomic E-state index is 0.770. The summed E-state index contributed by atoms with van der Waals surface area (Å²) in [5.74, 6) is 1.62.